The average molecular weight is 843 g/mol. The van der Waals surface area contributed by atoms with E-state index in [2.05, 4.69) is 10.3 Å². The van der Waals surface area contributed by atoms with E-state index in [0.717, 1.165) is 11.8 Å². The largest absolute Gasteiger partial charge is 0.453 e. The zero-order valence-electron chi connectivity index (χ0n) is 36.2. The molecule has 3 unspecified atom stereocenters. The summed E-state index contributed by atoms with van der Waals surface area (Å²) in [5.74, 6) is -1.72. The fourth-order valence-corrected chi connectivity index (χ4v) is 5.78. The van der Waals surface area contributed by atoms with Crippen molar-refractivity contribution in [2.45, 2.75) is 72.3 Å². The Morgan fingerprint density at radius 1 is 0.984 bits per heavy atom. The Morgan fingerprint density at radius 2 is 1.66 bits per heavy atom. The number of hydrogen-bond acceptors (Lipinski definition) is 12. The second-order valence-corrected chi connectivity index (χ2v) is 14.5. The first-order chi connectivity index (χ1) is 29.2. The molecule has 2 aromatic rings. The molecule has 0 bridgehead atoms. The number of oxazole rings is 1. The maximum Gasteiger partial charge on any atom is 0.338 e. The number of esters is 1. The molecule has 1 N–H and O–H groups in total. The molecule has 1 saturated heterocycles. The van der Waals surface area contributed by atoms with Gasteiger partial charge in [0.05, 0.1) is 23.3 Å². The Balaban J connectivity index is 1.62. The van der Waals surface area contributed by atoms with Crippen LogP contribution in [0.25, 0.3) is 0 Å². The van der Waals surface area contributed by atoms with Gasteiger partial charge in [0.1, 0.15) is 18.5 Å². The van der Waals surface area contributed by atoms with Crippen molar-refractivity contribution in [3.05, 3.63) is 138 Å². The summed E-state index contributed by atoms with van der Waals surface area (Å²) in [4.78, 5) is 76.7. The smallest absolute Gasteiger partial charge is 0.338 e. The predicted octanol–water partition coefficient (Wildman–Crippen LogP) is 6.07. The van der Waals surface area contributed by atoms with E-state index in [1.807, 2.05) is 37.3 Å². The molecule has 3 atom stereocenters. The van der Waals surface area contributed by atoms with E-state index in [-0.39, 0.29) is 44.9 Å². The highest BCUT2D eigenvalue weighted by atomic mass is 16.8. The van der Waals surface area contributed by atoms with Crippen LogP contribution in [0, 0.1) is 12.3 Å². The Morgan fingerprint density at radius 3 is 2.30 bits per heavy atom. The minimum absolute atomic E-state index is 0.0555. The van der Waals surface area contributed by atoms with Crippen molar-refractivity contribution in [2.24, 2.45) is 5.41 Å². The number of carbonyl (C=O) groups is 5. The normalized spacial score (nSPS) is 17.2. The number of nitrogens with zero attached hydrogens (tertiary/aromatic N) is 3. The van der Waals surface area contributed by atoms with Crippen LogP contribution < -0.4 is 5.32 Å². The van der Waals surface area contributed by atoms with Crippen molar-refractivity contribution < 1.29 is 52.2 Å². The molecule has 0 saturated carbocycles. The van der Waals surface area contributed by atoms with Crippen LogP contribution in [0.4, 0.5) is 0 Å². The number of methoxy groups -OCH3 is 1. The molecule has 15 heteroatoms. The standard InChI is InChI=1S/C46H58N4O11/c1-9-40(52)61-50(46(32-57-33-58-46)44(55)49(7)31-35(3)56-8)39(51)28-22-13-11-10-12-16-23-29-47-43(54)45(5,6)41(60-42(53)37-25-19-17-20-26-37)34(2)24-18-14-15-21-27-38-30-48-36(4)59-38/h10-26,28,30,35,41H,9,27,29,31-33H2,1-8H3,(H,47,54)/b12-10+,13-11+,18-14-,21-15+,23-16-,28-22+,34-24-. The number of carbonyl (C=O) groups excluding carboxylic acids is 5. The summed E-state index contributed by atoms with van der Waals surface area (Å²) >= 11 is 0. The molecule has 0 spiro atoms. The molecule has 0 aliphatic carbocycles. The summed E-state index contributed by atoms with van der Waals surface area (Å²) in [6, 6.07) is 8.60. The molecule has 1 aliphatic heterocycles. The lowest BCUT2D eigenvalue weighted by Gasteiger charge is -2.37. The van der Waals surface area contributed by atoms with Gasteiger partial charge < -0.3 is 38.4 Å². The van der Waals surface area contributed by atoms with Crippen LogP contribution >= 0.6 is 0 Å². The lowest BCUT2D eigenvalue weighted by Crippen LogP contribution is -2.63. The van der Waals surface area contributed by atoms with Crippen molar-refractivity contribution in [1.82, 2.24) is 20.3 Å². The van der Waals surface area contributed by atoms with Gasteiger partial charge >= 0.3 is 11.9 Å². The molecule has 3 amide bonds. The molecular formula is C46H58N4O11. The highest BCUT2D eigenvalue weighted by molar-refractivity contribution is 5.95. The van der Waals surface area contributed by atoms with Crippen molar-refractivity contribution in [3.63, 3.8) is 0 Å². The van der Waals surface area contributed by atoms with Crippen LogP contribution in [0.5, 0.6) is 0 Å². The monoisotopic (exact) mass is 842 g/mol. The summed E-state index contributed by atoms with van der Waals surface area (Å²) in [5.41, 5.74) is -2.13. The topological polar surface area (TPSA) is 176 Å². The number of nitrogens with one attached hydrogen (secondary N) is 1. The van der Waals surface area contributed by atoms with E-state index in [1.54, 1.807) is 108 Å². The molecule has 15 nitrogen and oxygen atoms in total. The third-order valence-electron chi connectivity index (χ3n) is 9.21. The van der Waals surface area contributed by atoms with Crippen molar-refractivity contribution in [2.75, 3.05) is 40.6 Å². The molecule has 1 aromatic carbocycles. The Kier molecular flexibility index (Phi) is 20.0. The van der Waals surface area contributed by atoms with Gasteiger partial charge in [-0.1, -0.05) is 98.0 Å². The summed E-state index contributed by atoms with van der Waals surface area (Å²) in [7, 11) is 3.03. The number of aromatic nitrogens is 1. The van der Waals surface area contributed by atoms with E-state index < -0.39 is 41.0 Å². The van der Waals surface area contributed by atoms with Gasteiger partial charge in [-0.05, 0) is 45.4 Å². The van der Waals surface area contributed by atoms with Gasteiger partial charge in [-0.15, -0.1) is 5.06 Å². The zero-order chi connectivity index (χ0) is 44.8. The number of likely N-dealkylation sites (N-methyl/N-ethyl adjacent to an activating group) is 1. The lowest BCUT2D eigenvalue weighted by molar-refractivity contribution is -0.259. The molecule has 61 heavy (non-hydrogen) atoms. The fraction of sp³-hybridized carbons (Fsp3) is 0.391. The van der Waals surface area contributed by atoms with Crippen molar-refractivity contribution >= 4 is 29.7 Å². The predicted molar refractivity (Wildman–Crippen MR) is 228 cm³/mol. The third-order valence-corrected chi connectivity index (χ3v) is 9.21. The van der Waals surface area contributed by atoms with Gasteiger partial charge in [-0.25, -0.2) is 14.6 Å². The van der Waals surface area contributed by atoms with Gasteiger partial charge in [0.15, 0.2) is 12.7 Å². The lowest BCUT2D eigenvalue weighted by atomic mass is 9.81. The van der Waals surface area contributed by atoms with E-state index in [4.69, 9.17) is 28.2 Å². The van der Waals surface area contributed by atoms with Gasteiger partial charge in [-0.3, -0.25) is 14.4 Å². The summed E-state index contributed by atoms with van der Waals surface area (Å²) in [6.07, 6.45) is 22.9. The quantitative estimate of drug-likeness (QED) is 0.0666. The maximum absolute atomic E-state index is 13.6. The summed E-state index contributed by atoms with van der Waals surface area (Å²) < 4.78 is 27.7. The van der Waals surface area contributed by atoms with Crippen LogP contribution in [0.15, 0.2) is 126 Å². The first kappa shape index (κ1) is 49.2. The molecule has 328 valence electrons. The summed E-state index contributed by atoms with van der Waals surface area (Å²) in [5, 5.41) is 3.52. The first-order valence-electron chi connectivity index (χ1n) is 19.8. The van der Waals surface area contributed by atoms with Crippen LogP contribution in [0.3, 0.4) is 0 Å². The third kappa shape index (κ3) is 15.1. The molecule has 1 aromatic heterocycles. The van der Waals surface area contributed by atoms with E-state index in [1.165, 1.54) is 25.1 Å². The van der Waals surface area contributed by atoms with Crippen molar-refractivity contribution in [1.29, 1.82) is 0 Å². The second-order valence-electron chi connectivity index (χ2n) is 14.5. The molecule has 3 rings (SSSR count). The number of ether oxygens (including phenoxy) is 4. The SMILES string of the molecule is CCC(=O)ON(C(=O)/C=C/C=C/C=C/C=C\CNC(=O)C(C)(C)C(OC(=O)c1ccccc1)\C(C)=C/C=C\C=C\Cc1cnc(C)o1)C1(C(=O)N(C)CC(C)OC)COCO1. The highest BCUT2D eigenvalue weighted by Crippen LogP contribution is 2.31. The maximum atomic E-state index is 13.6. The summed E-state index contributed by atoms with van der Waals surface area (Å²) in [6.45, 7) is 10.1. The minimum atomic E-state index is -2.02. The minimum Gasteiger partial charge on any atom is -0.453 e. The van der Waals surface area contributed by atoms with Gasteiger partial charge in [0.25, 0.3) is 17.5 Å². The molecule has 0 radical (unpaired) electrons. The van der Waals surface area contributed by atoms with Crippen LogP contribution in [-0.4, -0.2) is 103 Å². The van der Waals surface area contributed by atoms with Crippen LogP contribution in [0.1, 0.15) is 63.0 Å². The van der Waals surface area contributed by atoms with Gasteiger partial charge in [0, 0.05) is 53.1 Å². The Labute approximate surface area is 358 Å². The number of aryl methyl sites for hydroxylation is 1. The van der Waals surface area contributed by atoms with E-state index >= 15 is 0 Å². The van der Waals surface area contributed by atoms with Crippen LogP contribution in [-0.2, 0) is 49.4 Å². The van der Waals surface area contributed by atoms with E-state index in [9.17, 15) is 24.0 Å². The average Bonchev–Trinajstić information content (AvgIpc) is 3.92. The Hall–Kier alpha value is -6.16. The number of amides is 3. The van der Waals surface area contributed by atoms with Crippen molar-refractivity contribution in [3.8, 4) is 0 Å². The van der Waals surface area contributed by atoms with E-state index in [0.29, 0.717) is 28.5 Å². The number of hydroxylamine groups is 2. The molecule has 1 fully saturated rings. The molecular weight excluding hydrogens is 785 g/mol. The van der Waals surface area contributed by atoms with Gasteiger partial charge in [-0.2, -0.15) is 0 Å². The molecule has 2 heterocycles. The van der Waals surface area contributed by atoms with Gasteiger partial charge in [0.2, 0.25) is 5.91 Å². The Bertz CT molecular complexity index is 1990. The first-order valence-corrected chi connectivity index (χ1v) is 19.8. The molecule has 1 aliphatic rings. The second kappa shape index (κ2) is 24.8. The highest BCUT2D eigenvalue weighted by Gasteiger charge is 2.55. The number of rotatable bonds is 21. The zero-order valence-corrected chi connectivity index (χ0v) is 36.2. The fourth-order valence-electron chi connectivity index (χ4n) is 5.78. The number of allylic oxidation sites excluding steroid dienone is 11. The number of benzene rings is 1. The van der Waals surface area contributed by atoms with Crippen LogP contribution in [0.2, 0.25) is 0 Å². The number of hydrogen-bond donors (Lipinski definition) is 1.